The number of nitrogens with one attached hydrogen (secondary N) is 1. The van der Waals surface area contributed by atoms with Crippen LogP contribution in [0.4, 0.5) is 11.4 Å². The van der Waals surface area contributed by atoms with Gasteiger partial charge in [0.25, 0.3) is 5.69 Å². The molecule has 0 amide bonds. The van der Waals surface area contributed by atoms with Crippen LogP contribution in [0.15, 0.2) is 18.2 Å². The Morgan fingerprint density at radius 2 is 2.45 bits per heavy atom. The lowest BCUT2D eigenvalue weighted by Crippen LogP contribution is -2.41. The minimum absolute atomic E-state index is 0.0649. The highest BCUT2D eigenvalue weighted by atomic mass is 16.6. The Hall–Kier alpha value is -2.17. The number of hydrogen-bond acceptors (Lipinski definition) is 6. The van der Waals surface area contributed by atoms with Gasteiger partial charge in [-0.05, 0) is 11.6 Å². The Morgan fingerprint density at radius 3 is 3.10 bits per heavy atom. The maximum Gasteiger partial charge on any atom is 0.292 e. The summed E-state index contributed by atoms with van der Waals surface area (Å²) in [6.07, 6.45) is -0.421. The number of nitro groups is 1. The van der Waals surface area contributed by atoms with E-state index in [1.807, 2.05) is 6.07 Å². The largest absolute Gasteiger partial charge is 0.383 e. The van der Waals surface area contributed by atoms with E-state index in [-0.39, 0.29) is 5.69 Å². The molecule has 0 saturated carbocycles. The molecular weight excluding hydrogens is 260 g/mol. The van der Waals surface area contributed by atoms with E-state index in [1.165, 1.54) is 0 Å². The summed E-state index contributed by atoms with van der Waals surface area (Å²) in [5, 5.41) is 22.7. The molecule has 106 valence electrons. The first-order chi connectivity index (χ1) is 9.63. The first-order valence-electron chi connectivity index (χ1n) is 6.32. The van der Waals surface area contributed by atoms with Gasteiger partial charge in [0.2, 0.25) is 0 Å². The van der Waals surface area contributed by atoms with Gasteiger partial charge in [-0.1, -0.05) is 6.07 Å². The Labute approximate surface area is 116 Å². The van der Waals surface area contributed by atoms with Gasteiger partial charge in [0.05, 0.1) is 17.6 Å². The lowest BCUT2D eigenvalue weighted by Gasteiger charge is -2.29. The molecule has 1 aliphatic heterocycles. The zero-order valence-corrected chi connectivity index (χ0v) is 11.2. The van der Waals surface area contributed by atoms with Gasteiger partial charge in [-0.15, -0.1) is 0 Å². The Bertz CT molecular complexity index is 541. The molecule has 0 bridgehead atoms. The molecule has 1 aliphatic rings. The molecule has 1 N–H and O–H groups in total. The van der Waals surface area contributed by atoms with Crippen LogP contribution >= 0.6 is 0 Å². The lowest BCUT2D eigenvalue weighted by atomic mass is 10.1. The summed E-state index contributed by atoms with van der Waals surface area (Å²) in [4.78, 5) is 12.7. The van der Waals surface area contributed by atoms with Crippen LogP contribution in [0.25, 0.3) is 0 Å². The molecule has 20 heavy (non-hydrogen) atoms. The van der Waals surface area contributed by atoms with Gasteiger partial charge in [-0.25, -0.2) is 0 Å². The number of nitrogens with zero attached hydrogens (tertiary/aromatic N) is 3. The number of benzene rings is 1. The highest BCUT2D eigenvalue weighted by molar-refractivity contribution is 5.62. The molecule has 7 nitrogen and oxygen atoms in total. The minimum Gasteiger partial charge on any atom is -0.383 e. The quantitative estimate of drug-likeness (QED) is 0.659. The molecule has 0 radical (unpaired) electrons. The van der Waals surface area contributed by atoms with E-state index >= 15 is 0 Å². The van der Waals surface area contributed by atoms with Gasteiger partial charge in [-0.2, -0.15) is 5.26 Å². The average molecular weight is 276 g/mol. The molecule has 1 saturated heterocycles. The fourth-order valence-corrected chi connectivity index (χ4v) is 2.22. The molecule has 2 rings (SSSR count). The smallest absolute Gasteiger partial charge is 0.292 e. The van der Waals surface area contributed by atoms with Crippen molar-refractivity contribution >= 4 is 11.4 Å². The molecule has 1 aromatic carbocycles. The van der Waals surface area contributed by atoms with Crippen LogP contribution in [-0.2, 0) is 11.3 Å². The molecule has 1 unspecified atom stereocenters. The third-order valence-electron chi connectivity index (χ3n) is 3.23. The van der Waals surface area contributed by atoms with Crippen molar-refractivity contribution in [1.29, 1.82) is 5.26 Å². The van der Waals surface area contributed by atoms with Crippen molar-refractivity contribution < 1.29 is 9.66 Å². The summed E-state index contributed by atoms with van der Waals surface area (Å²) in [5.41, 5.74) is 1.42. The lowest BCUT2D eigenvalue weighted by molar-refractivity contribution is -0.384. The van der Waals surface area contributed by atoms with E-state index in [1.54, 1.807) is 19.2 Å². The molecule has 0 aromatic heterocycles. The van der Waals surface area contributed by atoms with E-state index in [0.717, 1.165) is 12.1 Å². The number of nitro benzene ring substituents is 1. The van der Waals surface area contributed by atoms with Crippen LogP contribution in [0.3, 0.4) is 0 Å². The molecule has 1 heterocycles. The van der Waals surface area contributed by atoms with Crippen LogP contribution in [0.1, 0.15) is 5.56 Å². The van der Waals surface area contributed by atoms with E-state index in [2.05, 4.69) is 16.3 Å². The fraction of sp³-hybridized carbons (Fsp3) is 0.462. The van der Waals surface area contributed by atoms with E-state index in [4.69, 9.17) is 10.00 Å². The Morgan fingerprint density at radius 1 is 1.65 bits per heavy atom. The summed E-state index contributed by atoms with van der Waals surface area (Å²) in [7, 11) is 1.65. The van der Waals surface area contributed by atoms with Gasteiger partial charge >= 0.3 is 0 Å². The fourth-order valence-electron chi connectivity index (χ4n) is 2.22. The first kappa shape index (κ1) is 14.2. The predicted molar refractivity (Wildman–Crippen MR) is 73.3 cm³/mol. The second-order valence-electron chi connectivity index (χ2n) is 4.58. The highest BCUT2D eigenvalue weighted by Crippen LogP contribution is 2.25. The maximum absolute atomic E-state index is 11.0. The molecular formula is C13H16N4O3. The van der Waals surface area contributed by atoms with Crippen LogP contribution in [0.5, 0.6) is 0 Å². The second-order valence-corrected chi connectivity index (χ2v) is 4.58. The van der Waals surface area contributed by atoms with Crippen molar-refractivity contribution in [2.45, 2.75) is 12.6 Å². The van der Waals surface area contributed by atoms with Gasteiger partial charge in [0, 0.05) is 32.7 Å². The summed E-state index contributed by atoms with van der Waals surface area (Å²) in [6.45, 7) is 2.33. The van der Waals surface area contributed by atoms with E-state index in [9.17, 15) is 10.1 Å². The van der Waals surface area contributed by atoms with Crippen molar-refractivity contribution in [3.05, 3.63) is 33.9 Å². The zero-order chi connectivity index (χ0) is 14.5. The number of nitriles is 1. The minimum atomic E-state index is -0.421. The third-order valence-corrected chi connectivity index (χ3v) is 3.23. The summed E-state index contributed by atoms with van der Waals surface area (Å²) < 4.78 is 5.27. The molecule has 0 spiro atoms. The number of ether oxygens (including phenoxy) is 1. The molecule has 1 atom stereocenters. The van der Waals surface area contributed by atoms with Gasteiger partial charge in [0.1, 0.15) is 5.69 Å². The summed E-state index contributed by atoms with van der Waals surface area (Å²) >= 11 is 0. The zero-order valence-electron chi connectivity index (χ0n) is 11.2. The molecule has 0 aliphatic carbocycles. The number of rotatable bonds is 4. The third kappa shape index (κ3) is 3.23. The van der Waals surface area contributed by atoms with Crippen LogP contribution < -0.4 is 5.32 Å². The van der Waals surface area contributed by atoms with Crippen molar-refractivity contribution in [1.82, 2.24) is 4.90 Å². The SMILES string of the molecule is CNc1ccc(CN2CCOC(C#N)C2)cc1[N+](=O)[O-]. The number of anilines is 1. The van der Waals surface area contributed by atoms with Gasteiger partial charge < -0.3 is 10.1 Å². The van der Waals surface area contributed by atoms with Crippen molar-refractivity contribution in [2.24, 2.45) is 0 Å². The van der Waals surface area contributed by atoms with Crippen molar-refractivity contribution in [3.63, 3.8) is 0 Å². The Kier molecular flexibility index (Phi) is 4.50. The molecule has 1 fully saturated rings. The standard InChI is InChI=1S/C13H16N4O3/c1-15-12-3-2-10(6-13(12)17(18)19)8-16-4-5-20-11(7-14)9-16/h2-3,6,11,15H,4-5,8-9H2,1H3. The van der Waals surface area contributed by atoms with Gasteiger partial charge in [0.15, 0.2) is 6.10 Å². The predicted octanol–water partition coefficient (Wildman–Crippen LogP) is 1.36. The summed E-state index contributed by atoms with van der Waals surface area (Å²) in [6, 6.07) is 7.22. The maximum atomic E-state index is 11.0. The van der Waals surface area contributed by atoms with Gasteiger partial charge in [-0.3, -0.25) is 15.0 Å². The van der Waals surface area contributed by atoms with E-state index < -0.39 is 11.0 Å². The summed E-state index contributed by atoms with van der Waals surface area (Å²) in [5.74, 6) is 0. The number of hydrogen-bond donors (Lipinski definition) is 1. The molecule has 7 heteroatoms. The van der Waals surface area contributed by atoms with Crippen molar-refractivity contribution in [2.75, 3.05) is 32.1 Å². The topological polar surface area (TPSA) is 91.4 Å². The first-order valence-corrected chi connectivity index (χ1v) is 6.32. The Balaban J connectivity index is 2.12. The normalized spacial score (nSPS) is 19.3. The van der Waals surface area contributed by atoms with E-state index in [0.29, 0.717) is 25.4 Å². The second kappa shape index (κ2) is 6.32. The van der Waals surface area contributed by atoms with Crippen LogP contribution in [-0.4, -0.2) is 42.7 Å². The highest BCUT2D eigenvalue weighted by Gasteiger charge is 2.21. The van der Waals surface area contributed by atoms with Crippen LogP contribution in [0.2, 0.25) is 0 Å². The number of morpholine rings is 1. The molecule has 1 aromatic rings. The van der Waals surface area contributed by atoms with Crippen molar-refractivity contribution in [3.8, 4) is 6.07 Å². The monoisotopic (exact) mass is 276 g/mol. The van der Waals surface area contributed by atoms with Crippen LogP contribution in [0, 0.1) is 21.4 Å². The average Bonchev–Trinajstić information content (AvgIpc) is 2.47.